The van der Waals surface area contributed by atoms with Crippen molar-refractivity contribution in [3.63, 3.8) is 0 Å². The molecule has 0 aromatic heterocycles. The summed E-state index contributed by atoms with van der Waals surface area (Å²) in [5.41, 5.74) is 0.695. The molecule has 2 aromatic rings. The van der Waals surface area contributed by atoms with Crippen LogP contribution in [0.4, 0.5) is 11.4 Å². The molecule has 0 aliphatic heterocycles. The van der Waals surface area contributed by atoms with Gasteiger partial charge in [-0.1, -0.05) is 0 Å². The van der Waals surface area contributed by atoms with Crippen molar-refractivity contribution in [2.45, 2.75) is 6.92 Å². The largest absolute Gasteiger partial charge is 0.494 e. The number of thiocarbonyl (C=S) groups is 1. The van der Waals surface area contributed by atoms with Crippen LogP contribution in [0.3, 0.4) is 0 Å². The Bertz CT molecular complexity index is 824. The van der Waals surface area contributed by atoms with E-state index in [1.165, 1.54) is 25.3 Å². The van der Waals surface area contributed by atoms with Crippen LogP contribution < -0.4 is 20.1 Å². The van der Waals surface area contributed by atoms with E-state index in [0.717, 1.165) is 0 Å². The summed E-state index contributed by atoms with van der Waals surface area (Å²) < 4.78 is 10.4. The van der Waals surface area contributed by atoms with Gasteiger partial charge in [-0.3, -0.25) is 20.2 Å². The zero-order chi connectivity index (χ0) is 19.1. The topological polar surface area (TPSA) is 103 Å². The lowest BCUT2D eigenvalue weighted by molar-refractivity contribution is -0.384. The molecule has 0 saturated heterocycles. The number of carbonyl (C=O) groups excluding carboxylic acids is 1. The number of carbonyl (C=O) groups is 1. The van der Waals surface area contributed by atoms with E-state index in [-0.39, 0.29) is 16.5 Å². The number of amides is 1. The maximum atomic E-state index is 12.2. The summed E-state index contributed by atoms with van der Waals surface area (Å²) in [7, 11) is 1.38. The molecule has 0 saturated carbocycles. The number of nitro groups is 1. The minimum absolute atomic E-state index is 0.0380. The van der Waals surface area contributed by atoms with Crippen molar-refractivity contribution in [1.82, 2.24) is 5.32 Å². The van der Waals surface area contributed by atoms with Crippen molar-refractivity contribution in [2.24, 2.45) is 0 Å². The molecule has 0 aliphatic rings. The summed E-state index contributed by atoms with van der Waals surface area (Å²) in [6.07, 6.45) is 0. The predicted molar refractivity (Wildman–Crippen MR) is 101 cm³/mol. The molecular weight excluding hydrogens is 358 g/mol. The molecule has 1 amide bonds. The summed E-state index contributed by atoms with van der Waals surface area (Å²) in [6.45, 7) is 2.41. The minimum Gasteiger partial charge on any atom is -0.494 e. The average Bonchev–Trinajstić information content (AvgIpc) is 2.62. The number of hydrogen-bond donors (Lipinski definition) is 2. The van der Waals surface area contributed by atoms with Gasteiger partial charge < -0.3 is 14.8 Å². The number of non-ortho nitro benzene ring substituents is 1. The van der Waals surface area contributed by atoms with E-state index in [1.807, 2.05) is 6.92 Å². The Morgan fingerprint density at radius 2 is 1.92 bits per heavy atom. The van der Waals surface area contributed by atoms with Crippen LogP contribution in [-0.2, 0) is 0 Å². The summed E-state index contributed by atoms with van der Waals surface area (Å²) in [6, 6.07) is 10.6. The number of nitrogens with one attached hydrogen (secondary N) is 2. The number of benzene rings is 2. The number of anilines is 1. The molecule has 0 fully saturated rings. The van der Waals surface area contributed by atoms with E-state index in [1.54, 1.807) is 24.3 Å². The highest BCUT2D eigenvalue weighted by molar-refractivity contribution is 7.80. The van der Waals surface area contributed by atoms with Gasteiger partial charge in [0.15, 0.2) is 5.11 Å². The fourth-order valence-electron chi connectivity index (χ4n) is 2.09. The van der Waals surface area contributed by atoms with Gasteiger partial charge in [-0.25, -0.2) is 0 Å². The van der Waals surface area contributed by atoms with E-state index < -0.39 is 10.8 Å². The second-order valence-electron chi connectivity index (χ2n) is 5.01. The van der Waals surface area contributed by atoms with Gasteiger partial charge in [0.05, 0.1) is 30.4 Å². The maximum Gasteiger partial charge on any atom is 0.273 e. The predicted octanol–water partition coefficient (Wildman–Crippen LogP) is 3.13. The smallest absolute Gasteiger partial charge is 0.273 e. The van der Waals surface area contributed by atoms with Crippen molar-refractivity contribution >= 4 is 34.6 Å². The van der Waals surface area contributed by atoms with Gasteiger partial charge in [0.1, 0.15) is 11.5 Å². The highest BCUT2D eigenvalue weighted by Crippen LogP contribution is 2.28. The normalized spacial score (nSPS) is 9.92. The third kappa shape index (κ3) is 4.90. The van der Waals surface area contributed by atoms with Crippen molar-refractivity contribution in [2.75, 3.05) is 19.0 Å². The van der Waals surface area contributed by atoms with Gasteiger partial charge in [-0.05, 0) is 49.5 Å². The number of nitro benzene ring substituents is 1. The quantitative estimate of drug-likeness (QED) is 0.454. The van der Waals surface area contributed by atoms with Crippen LogP contribution >= 0.6 is 12.2 Å². The molecule has 0 atom stereocenters. The number of rotatable bonds is 6. The third-order valence-corrected chi connectivity index (χ3v) is 3.50. The second kappa shape index (κ2) is 8.77. The van der Waals surface area contributed by atoms with E-state index in [9.17, 15) is 14.9 Å². The van der Waals surface area contributed by atoms with Crippen molar-refractivity contribution in [1.29, 1.82) is 0 Å². The molecule has 0 radical (unpaired) electrons. The Morgan fingerprint density at radius 3 is 2.50 bits per heavy atom. The molecule has 0 aliphatic carbocycles. The standard InChI is InChI=1S/C17H17N3O5S/c1-3-25-13-7-4-11(5-8-13)16(21)19-17(26)18-14-9-6-12(20(22)23)10-15(14)24-2/h4-10H,3H2,1-2H3,(H2,18,19,21,26). The molecule has 0 spiro atoms. The highest BCUT2D eigenvalue weighted by atomic mass is 32.1. The Kier molecular flexibility index (Phi) is 6.45. The zero-order valence-corrected chi connectivity index (χ0v) is 15.0. The number of ether oxygens (including phenoxy) is 2. The van der Waals surface area contributed by atoms with Crippen LogP contribution in [0.25, 0.3) is 0 Å². The zero-order valence-electron chi connectivity index (χ0n) is 14.1. The summed E-state index contributed by atoms with van der Waals surface area (Å²) in [5.74, 6) is 0.503. The third-order valence-electron chi connectivity index (χ3n) is 3.30. The molecule has 0 unspecified atom stereocenters. The van der Waals surface area contributed by atoms with E-state index in [2.05, 4.69) is 10.6 Å². The van der Waals surface area contributed by atoms with Crippen molar-refractivity contribution < 1.29 is 19.2 Å². The lowest BCUT2D eigenvalue weighted by Gasteiger charge is -2.12. The van der Waals surface area contributed by atoms with E-state index in [4.69, 9.17) is 21.7 Å². The molecule has 2 rings (SSSR count). The van der Waals surface area contributed by atoms with Gasteiger partial charge in [0.2, 0.25) is 0 Å². The van der Waals surface area contributed by atoms with Gasteiger partial charge >= 0.3 is 0 Å². The fourth-order valence-corrected chi connectivity index (χ4v) is 2.30. The van der Waals surface area contributed by atoms with Crippen molar-refractivity contribution in [3.05, 3.63) is 58.1 Å². The Balaban J connectivity index is 2.03. The molecule has 26 heavy (non-hydrogen) atoms. The SMILES string of the molecule is CCOc1ccc(C(=O)NC(=S)Nc2ccc([N+](=O)[O-])cc2OC)cc1. The monoisotopic (exact) mass is 375 g/mol. The first-order chi connectivity index (χ1) is 12.4. The maximum absolute atomic E-state index is 12.2. The first-order valence-electron chi connectivity index (χ1n) is 7.62. The summed E-state index contributed by atoms with van der Waals surface area (Å²) in [4.78, 5) is 22.5. The van der Waals surface area contributed by atoms with Crippen LogP contribution in [0.5, 0.6) is 11.5 Å². The lowest BCUT2D eigenvalue weighted by Crippen LogP contribution is -2.34. The van der Waals surface area contributed by atoms with E-state index in [0.29, 0.717) is 23.6 Å². The molecule has 2 aromatic carbocycles. The lowest BCUT2D eigenvalue weighted by atomic mass is 10.2. The second-order valence-corrected chi connectivity index (χ2v) is 5.42. The molecular formula is C17H17N3O5S. The number of hydrogen-bond acceptors (Lipinski definition) is 6. The highest BCUT2D eigenvalue weighted by Gasteiger charge is 2.14. The molecule has 8 nitrogen and oxygen atoms in total. The van der Waals surface area contributed by atoms with Crippen LogP contribution in [0, 0.1) is 10.1 Å². The van der Waals surface area contributed by atoms with Crippen molar-refractivity contribution in [3.8, 4) is 11.5 Å². The molecule has 9 heteroatoms. The summed E-state index contributed by atoms with van der Waals surface area (Å²) >= 11 is 5.11. The molecule has 0 heterocycles. The number of methoxy groups -OCH3 is 1. The Hall–Kier alpha value is -3.20. The summed E-state index contributed by atoms with van der Waals surface area (Å²) in [5, 5.41) is 16.2. The van der Waals surface area contributed by atoms with E-state index >= 15 is 0 Å². The van der Waals surface area contributed by atoms with Gasteiger partial charge in [0.25, 0.3) is 11.6 Å². The number of nitrogens with zero attached hydrogens (tertiary/aromatic N) is 1. The van der Waals surface area contributed by atoms with Crippen LogP contribution in [0.2, 0.25) is 0 Å². The Morgan fingerprint density at radius 1 is 1.23 bits per heavy atom. The van der Waals surface area contributed by atoms with Crippen LogP contribution in [-0.4, -0.2) is 29.7 Å². The first-order valence-corrected chi connectivity index (χ1v) is 8.03. The first kappa shape index (κ1) is 19.1. The average molecular weight is 375 g/mol. The molecule has 2 N–H and O–H groups in total. The van der Waals surface area contributed by atoms with Gasteiger partial charge in [-0.2, -0.15) is 0 Å². The Labute approximate surface area is 155 Å². The van der Waals surface area contributed by atoms with Gasteiger partial charge in [0, 0.05) is 11.6 Å². The minimum atomic E-state index is -0.529. The van der Waals surface area contributed by atoms with Crippen LogP contribution in [0.15, 0.2) is 42.5 Å². The molecule has 136 valence electrons. The molecule has 0 bridgehead atoms. The van der Waals surface area contributed by atoms with Gasteiger partial charge in [-0.15, -0.1) is 0 Å². The fraction of sp³-hybridized carbons (Fsp3) is 0.176. The van der Waals surface area contributed by atoms with Crippen LogP contribution in [0.1, 0.15) is 17.3 Å².